The van der Waals surface area contributed by atoms with Gasteiger partial charge < -0.3 is 4.57 Å². The molecule has 0 N–H and O–H groups in total. The quantitative estimate of drug-likeness (QED) is 0.717. The van der Waals surface area contributed by atoms with Crippen molar-refractivity contribution in [3.05, 3.63) is 27.7 Å². The number of rotatable bonds is 0. The van der Waals surface area contributed by atoms with Crippen molar-refractivity contribution in [1.82, 2.24) is 8.94 Å². The van der Waals surface area contributed by atoms with Crippen LogP contribution in [0.5, 0.6) is 0 Å². The van der Waals surface area contributed by atoms with Gasteiger partial charge in [-0.25, -0.2) is 0 Å². The van der Waals surface area contributed by atoms with Gasteiger partial charge in [0.1, 0.15) is 10.5 Å². The monoisotopic (exact) mass is 248 g/mol. The van der Waals surface area contributed by atoms with Crippen LogP contribution in [-0.2, 0) is 13.2 Å². The molecule has 2 aromatic rings. The maximum Gasteiger partial charge on any atom is 0.431 e. The molecule has 2 heterocycles. The number of nitrogens with zero attached hydrogens (tertiary/aromatic N) is 2. The maximum atomic E-state index is 12.7. The lowest BCUT2D eigenvalue weighted by molar-refractivity contribution is -0.143. The van der Waals surface area contributed by atoms with Gasteiger partial charge in [-0.05, 0) is 18.5 Å². The standard InChI is InChI=1S/C9H7F3N2OS/c1-4-6(15)5-3-13-16-8(5)14(2)7(4)9(10,11)12/h3H,1-2H3. The van der Waals surface area contributed by atoms with E-state index < -0.39 is 17.3 Å². The second-order valence-corrected chi connectivity index (χ2v) is 4.18. The van der Waals surface area contributed by atoms with Crippen molar-refractivity contribution in [2.24, 2.45) is 7.05 Å². The summed E-state index contributed by atoms with van der Waals surface area (Å²) in [5.41, 5.74) is -1.80. The van der Waals surface area contributed by atoms with Crippen molar-refractivity contribution < 1.29 is 13.2 Å². The predicted molar refractivity (Wildman–Crippen MR) is 54.6 cm³/mol. The van der Waals surface area contributed by atoms with Gasteiger partial charge in [0.15, 0.2) is 5.43 Å². The Kier molecular flexibility index (Phi) is 2.30. The highest BCUT2D eigenvalue weighted by molar-refractivity contribution is 7.12. The molecule has 2 rings (SSSR count). The second-order valence-electron chi connectivity index (χ2n) is 3.40. The van der Waals surface area contributed by atoms with E-state index in [-0.39, 0.29) is 15.8 Å². The lowest BCUT2D eigenvalue weighted by Crippen LogP contribution is -2.22. The number of alkyl halides is 3. The van der Waals surface area contributed by atoms with E-state index in [1.807, 2.05) is 0 Å². The molecule has 0 saturated carbocycles. The van der Waals surface area contributed by atoms with Crippen molar-refractivity contribution in [1.29, 1.82) is 0 Å². The molecule has 0 unspecified atom stereocenters. The molecule has 0 fully saturated rings. The third-order valence-electron chi connectivity index (χ3n) is 2.40. The zero-order valence-corrected chi connectivity index (χ0v) is 9.24. The van der Waals surface area contributed by atoms with E-state index in [1.165, 1.54) is 20.2 Å². The Labute approximate surface area is 92.3 Å². The van der Waals surface area contributed by atoms with Crippen LogP contribution >= 0.6 is 11.5 Å². The minimum Gasteiger partial charge on any atom is -0.330 e. The van der Waals surface area contributed by atoms with Crippen molar-refractivity contribution in [2.45, 2.75) is 13.1 Å². The van der Waals surface area contributed by atoms with Gasteiger partial charge in [-0.1, -0.05) is 0 Å². The molecule has 16 heavy (non-hydrogen) atoms. The van der Waals surface area contributed by atoms with E-state index in [2.05, 4.69) is 4.37 Å². The van der Waals surface area contributed by atoms with Crippen LogP contribution < -0.4 is 5.43 Å². The third kappa shape index (κ3) is 1.42. The number of aryl methyl sites for hydroxylation is 1. The molecular weight excluding hydrogens is 241 g/mol. The number of halogens is 3. The number of aromatic nitrogens is 2. The van der Waals surface area contributed by atoms with Crippen LogP contribution in [0.25, 0.3) is 10.2 Å². The minimum atomic E-state index is -4.53. The van der Waals surface area contributed by atoms with E-state index >= 15 is 0 Å². The van der Waals surface area contributed by atoms with Gasteiger partial charge in [0, 0.05) is 12.6 Å². The van der Waals surface area contributed by atoms with Crippen molar-refractivity contribution in [3.63, 3.8) is 0 Å². The van der Waals surface area contributed by atoms with Gasteiger partial charge in [-0.15, -0.1) is 0 Å². The predicted octanol–water partition coefficient (Wildman–Crippen LogP) is 2.32. The van der Waals surface area contributed by atoms with Gasteiger partial charge >= 0.3 is 6.18 Å². The summed E-state index contributed by atoms with van der Waals surface area (Å²) in [5, 5.41) is 0.234. The van der Waals surface area contributed by atoms with Gasteiger partial charge in [-0.3, -0.25) is 4.79 Å². The summed E-state index contributed by atoms with van der Waals surface area (Å²) in [5.74, 6) is 0. The first-order chi connectivity index (χ1) is 7.34. The van der Waals surface area contributed by atoms with Gasteiger partial charge in [0.2, 0.25) is 0 Å². The summed E-state index contributed by atoms with van der Waals surface area (Å²) < 4.78 is 43.0. The first kappa shape index (κ1) is 11.1. The fraction of sp³-hybridized carbons (Fsp3) is 0.333. The summed E-state index contributed by atoms with van der Waals surface area (Å²) in [6, 6.07) is 0. The molecular formula is C9H7F3N2OS. The average Bonchev–Trinajstić information content (AvgIpc) is 2.61. The van der Waals surface area contributed by atoms with Crippen LogP contribution in [0.15, 0.2) is 11.0 Å². The molecule has 0 aliphatic heterocycles. The van der Waals surface area contributed by atoms with Crippen molar-refractivity contribution in [3.8, 4) is 0 Å². The van der Waals surface area contributed by atoms with E-state index in [9.17, 15) is 18.0 Å². The summed E-state index contributed by atoms with van der Waals surface area (Å²) in [7, 11) is 1.29. The third-order valence-corrected chi connectivity index (χ3v) is 3.28. The lowest BCUT2D eigenvalue weighted by Gasteiger charge is -2.15. The topological polar surface area (TPSA) is 34.9 Å². The molecule has 0 aliphatic carbocycles. The van der Waals surface area contributed by atoms with Crippen LogP contribution in [0.3, 0.4) is 0 Å². The first-order valence-corrected chi connectivity index (χ1v) is 5.12. The largest absolute Gasteiger partial charge is 0.431 e. The second kappa shape index (κ2) is 3.31. The molecule has 2 aromatic heterocycles. The Bertz CT molecular complexity index is 611. The van der Waals surface area contributed by atoms with Crippen LogP contribution in [0.1, 0.15) is 11.3 Å². The molecule has 0 atom stereocenters. The first-order valence-electron chi connectivity index (χ1n) is 4.35. The summed E-state index contributed by atoms with van der Waals surface area (Å²) in [6.07, 6.45) is -3.23. The van der Waals surface area contributed by atoms with E-state index in [0.717, 1.165) is 16.1 Å². The zero-order chi connectivity index (χ0) is 12.1. The Balaban J connectivity index is 3.00. The Hall–Kier alpha value is -1.37. The van der Waals surface area contributed by atoms with Gasteiger partial charge in [0.05, 0.1) is 11.6 Å². The molecule has 0 aromatic carbocycles. The molecule has 0 amide bonds. The normalized spacial score (nSPS) is 12.3. The number of pyridine rings is 1. The SMILES string of the molecule is Cc1c(C(F)(F)F)n(C)c2sncc2c1=O. The highest BCUT2D eigenvalue weighted by atomic mass is 32.1. The smallest absolute Gasteiger partial charge is 0.330 e. The molecule has 0 saturated heterocycles. The number of fused-ring (bicyclic) bond motifs is 1. The van der Waals surface area contributed by atoms with Crippen molar-refractivity contribution in [2.75, 3.05) is 0 Å². The van der Waals surface area contributed by atoms with Crippen LogP contribution in [-0.4, -0.2) is 8.94 Å². The maximum absolute atomic E-state index is 12.7. The molecule has 86 valence electrons. The highest BCUT2D eigenvalue weighted by Crippen LogP contribution is 2.32. The Morgan fingerprint density at radius 3 is 2.62 bits per heavy atom. The van der Waals surface area contributed by atoms with Crippen molar-refractivity contribution >= 4 is 21.7 Å². The molecule has 3 nitrogen and oxygen atoms in total. The van der Waals surface area contributed by atoms with E-state index in [0.29, 0.717) is 0 Å². The number of hydrogen-bond acceptors (Lipinski definition) is 3. The Morgan fingerprint density at radius 2 is 2.06 bits per heavy atom. The zero-order valence-electron chi connectivity index (χ0n) is 8.42. The highest BCUT2D eigenvalue weighted by Gasteiger charge is 2.37. The summed E-state index contributed by atoms with van der Waals surface area (Å²) in [6.45, 7) is 1.18. The lowest BCUT2D eigenvalue weighted by atomic mass is 10.1. The minimum absolute atomic E-state index is 0.234. The van der Waals surface area contributed by atoms with Crippen LogP contribution in [0, 0.1) is 6.92 Å². The summed E-state index contributed by atoms with van der Waals surface area (Å²) in [4.78, 5) is 11.9. The number of hydrogen-bond donors (Lipinski definition) is 0. The fourth-order valence-corrected chi connectivity index (χ4v) is 2.41. The molecule has 0 aliphatic rings. The van der Waals surface area contributed by atoms with Crippen LogP contribution in [0.4, 0.5) is 13.2 Å². The average molecular weight is 248 g/mol. The molecule has 0 bridgehead atoms. The summed E-state index contributed by atoms with van der Waals surface area (Å²) >= 11 is 0.880. The van der Waals surface area contributed by atoms with Gasteiger partial charge in [-0.2, -0.15) is 17.5 Å². The molecule has 0 spiro atoms. The fourth-order valence-electron chi connectivity index (χ4n) is 1.70. The van der Waals surface area contributed by atoms with E-state index in [4.69, 9.17) is 0 Å². The Morgan fingerprint density at radius 1 is 1.44 bits per heavy atom. The molecule has 7 heteroatoms. The molecule has 0 radical (unpaired) electrons. The van der Waals surface area contributed by atoms with Gasteiger partial charge in [0.25, 0.3) is 0 Å². The van der Waals surface area contributed by atoms with E-state index in [1.54, 1.807) is 0 Å². The van der Waals surface area contributed by atoms with Crippen LogP contribution in [0.2, 0.25) is 0 Å².